The van der Waals surface area contributed by atoms with E-state index in [1.165, 1.54) is 0 Å². The molecule has 0 fully saturated rings. The van der Waals surface area contributed by atoms with Gasteiger partial charge in [0, 0.05) is 29.1 Å². The average Bonchev–Trinajstić information content (AvgIpc) is 2.63. The van der Waals surface area contributed by atoms with Gasteiger partial charge in [0.05, 0.1) is 11.4 Å². The highest BCUT2D eigenvalue weighted by Gasteiger charge is 2.34. The first-order valence-corrected chi connectivity index (χ1v) is 9.65. The lowest BCUT2D eigenvalue weighted by Crippen LogP contribution is -2.28. The zero-order valence-electron chi connectivity index (χ0n) is 17.6. The second-order valence-electron chi connectivity index (χ2n) is 9.21. The fraction of sp³-hybridized carbons (Fsp3) is 0.320. The van der Waals surface area contributed by atoms with E-state index in [1.807, 2.05) is 48.6 Å². The molecule has 0 saturated heterocycles. The van der Waals surface area contributed by atoms with Gasteiger partial charge in [0.2, 0.25) is 0 Å². The molecule has 0 unspecified atom stereocenters. The van der Waals surface area contributed by atoms with Crippen molar-refractivity contribution < 1.29 is 4.79 Å². The molecule has 0 spiro atoms. The number of hydrogen-bond acceptors (Lipinski definition) is 3. The molecular weight excluding hydrogens is 344 g/mol. The van der Waals surface area contributed by atoms with E-state index >= 15 is 0 Å². The summed E-state index contributed by atoms with van der Waals surface area (Å²) in [5.41, 5.74) is 4.74. The van der Waals surface area contributed by atoms with Crippen LogP contribution in [0.15, 0.2) is 77.7 Å². The summed E-state index contributed by atoms with van der Waals surface area (Å²) in [6, 6.07) is 11.7. The Labute approximate surface area is 167 Å². The summed E-state index contributed by atoms with van der Waals surface area (Å²) in [7, 11) is 0. The fourth-order valence-electron chi connectivity index (χ4n) is 3.34. The van der Waals surface area contributed by atoms with E-state index in [1.54, 1.807) is 12.4 Å². The van der Waals surface area contributed by atoms with E-state index < -0.39 is 0 Å². The van der Waals surface area contributed by atoms with Crippen LogP contribution >= 0.6 is 0 Å². The minimum absolute atomic E-state index is 0.130. The molecule has 0 bridgehead atoms. The van der Waals surface area contributed by atoms with Crippen molar-refractivity contribution in [2.45, 2.75) is 41.5 Å². The molecule has 3 nitrogen and oxygen atoms in total. The Morgan fingerprint density at radius 3 is 1.46 bits per heavy atom. The van der Waals surface area contributed by atoms with Crippen molar-refractivity contribution in [3.63, 3.8) is 0 Å². The first kappa shape index (κ1) is 19.9. The van der Waals surface area contributed by atoms with Crippen LogP contribution in [0.4, 0.5) is 0 Å². The molecule has 2 heterocycles. The highest BCUT2D eigenvalue weighted by atomic mass is 16.1. The van der Waals surface area contributed by atoms with Gasteiger partial charge >= 0.3 is 0 Å². The largest absolute Gasteiger partial charge is 0.289 e. The van der Waals surface area contributed by atoms with Gasteiger partial charge in [0.25, 0.3) is 0 Å². The predicted octanol–water partition coefficient (Wildman–Crippen LogP) is 5.81. The first-order chi connectivity index (χ1) is 13.1. The Morgan fingerprint density at radius 1 is 0.714 bits per heavy atom. The summed E-state index contributed by atoms with van der Waals surface area (Å²) >= 11 is 0. The molecule has 144 valence electrons. The normalized spacial score (nSPS) is 15.2. The number of rotatable bonds is 2. The quantitative estimate of drug-likeness (QED) is 0.668. The second kappa shape index (κ2) is 7.31. The Morgan fingerprint density at radius 2 is 1.14 bits per heavy atom. The van der Waals surface area contributed by atoms with Crippen LogP contribution in [0, 0.1) is 10.8 Å². The molecule has 0 aromatic carbocycles. The maximum Gasteiger partial charge on any atom is 0.186 e. The van der Waals surface area contributed by atoms with Crippen molar-refractivity contribution in [1.29, 1.82) is 0 Å². The number of pyridine rings is 2. The standard InChI is InChI=1S/C25H28N2O/c1-24(2,3)18-15-17(16-19(23(18)28)25(4,5)6)22(20-11-7-9-13-26-20)21-12-8-10-14-27-21/h7-16H,1-6H3. The van der Waals surface area contributed by atoms with E-state index in [-0.39, 0.29) is 16.6 Å². The van der Waals surface area contributed by atoms with Crippen molar-refractivity contribution in [2.75, 3.05) is 0 Å². The van der Waals surface area contributed by atoms with E-state index in [0.717, 1.165) is 33.7 Å². The lowest BCUT2D eigenvalue weighted by molar-refractivity contribution is -0.114. The minimum Gasteiger partial charge on any atom is -0.289 e. The van der Waals surface area contributed by atoms with Crippen LogP contribution in [0.5, 0.6) is 0 Å². The number of ketones is 1. The molecule has 2 aromatic heterocycles. The topological polar surface area (TPSA) is 42.9 Å². The third kappa shape index (κ3) is 4.04. The lowest BCUT2D eigenvalue weighted by Gasteiger charge is -2.32. The minimum atomic E-state index is -0.258. The molecule has 0 aliphatic heterocycles. The van der Waals surface area contributed by atoms with Crippen molar-refractivity contribution in [1.82, 2.24) is 9.97 Å². The van der Waals surface area contributed by atoms with Crippen LogP contribution in [-0.2, 0) is 4.79 Å². The van der Waals surface area contributed by atoms with Gasteiger partial charge in [-0.3, -0.25) is 14.8 Å². The number of carbonyl (C=O) groups excluding carboxylic acids is 1. The zero-order chi connectivity index (χ0) is 20.5. The number of Topliss-reactive ketones (excluding diaryl/α,β-unsaturated/α-hetero) is 1. The maximum atomic E-state index is 13.3. The van der Waals surface area contributed by atoms with Crippen LogP contribution in [0.1, 0.15) is 52.9 Å². The van der Waals surface area contributed by atoms with Crippen molar-refractivity contribution >= 4 is 11.4 Å². The van der Waals surface area contributed by atoms with Gasteiger partial charge in [-0.25, -0.2) is 0 Å². The Kier molecular flexibility index (Phi) is 5.20. The maximum absolute atomic E-state index is 13.3. The van der Waals surface area contributed by atoms with Gasteiger partial charge in [-0.1, -0.05) is 53.7 Å². The van der Waals surface area contributed by atoms with Crippen LogP contribution < -0.4 is 0 Å². The van der Waals surface area contributed by atoms with Crippen LogP contribution in [0.2, 0.25) is 0 Å². The Bertz CT molecular complexity index is 889. The molecule has 3 rings (SSSR count). The Balaban J connectivity index is 2.38. The van der Waals surface area contributed by atoms with Gasteiger partial charge in [-0.15, -0.1) is 0 Å². The Hall–Kier alpha value is -2.81. The number of hydrogen-bond donors (Lipinski definition) is 0. The third-order valence-corrected chi connectivity index (χ3v) is 4.84. The van der Waals surface area contributed by atoms with Crippen molar-refractivity contribution in [3.8, 4) is 0 Å². The zero-order valence-corrected chi connectivity index (χ0v) is 17.6. The van der Waals surface area contributed by atoms with E-state index in [0.29, 0.717) is 0 Å². The van der Waals surface area contributed by atoms with E-state index in [9.17, 15) is 4.79 Å². The molecule has 0 N–H and O–H groups in total. The summed E-state index contributed by atoms with van der Waals surface area (Å²) in [6.45, 7) is 12.5. The number of carbonyl (C=O) groups is 1. The fourth-order valence-corrected chi connectivity index (χ4v) is 3.34. The monoisotopic (exact) mass is 372 g/mol. The van der Waals surface area contributed by atoms with Gasteiger partial charge < -0.3 is 0 Å². The summed E-state index contributed by atoms with van der Waals surface area (Å²) in [5.74, 6) is 0.130. The van der Waals surface area contributed by atoms with Gasteiger partial charge in [-0.05, 0) is 52.8 Å². The highest BCUT2D eigenvalue weighted by Crippen LogP contribution is 2.41. The van der Waals surface area contributed by atoms with Crippen molar-refractivity contribution in [2.24, 2.45) is 10.8 Å². The smallest absolute Gasteiger partial charge is 0.186 e. The van der Waals surface area contributed by atoms with Crippen LogP contribution in [-0.4, -0.2) is 15.8 Å². The number of allylic oxidation sites excluding steroid dienone is 5. The summed E-state index contributed by atoms with van der Waals surface area (Å²) in [4.78, 5) is 22.4. The van der Waals surface area contributed by atoms with Crippen molar-refractivity contribution in [3.05, 3.63) is 89.1 Å². The average molecular weight is 373 g/mol. The highest BCUT2D eigenvalue weighted by molar-refractivity contribution is 6.12. The number of nitrogens with zero attached hydrogens (tertiary/aromatic N) is 2. The van der Waals surface area contributed by atoms with E-state index in [4.69, 9.17) is 0 Å². The number of aromatic nitrogens is 2. The predicted molar refractivity (Wildman–Crippen MR) is 115 cm³/mol. The van der Waals surface area contributed by atoms with Gasteiger partial charge in [-0.2, -0.15) is 0 Å². The summed E-state index contributed by atoms with van der Waals surface area (Å²) in [5, 5.41) is 0. The molecule has 1 aliphatic carbocycles. The molecule has 2 aromatic rings. The molecule has 0 radical (unpaired) electrons. The molecule has 0 saturated carbocycles. The second-order valence-corrected chi connectivity index (χ2v) is 9.21. The SMILES string of the molecule is CC(C)(C)C1=CC(=C(c2ccccn2)c2ccccn2)C=C(C(C)(C)C)C1=O. The summed E-state index contributed by atoms with van der Waals surface area (Å²) in [6.07, 6.45) is 7.62. The summed E-state index contributed by atoms with van der Waals surface area (Å²) < 4.78 is 0. The molecule has 0 atom stereocenters. The molecule has 28 heavy (non-hydrogen) atoms. The van der Waals surface area contributed by atoms with E-state index in [2.05, 4.69) is 51.5 Å². The molecule has 0 amide bonds. The van der Waals surface area contributed by atoms with Crippen LogP contribution in [0.3, 0.4) is 0 Å². The third-order valence-electron chi connectivity index (χ3n) is 4.84. The van der Waals surface area contributed by atoms with Gasteiger partial charge in [0.15, 0.2) is 5.78 Å². The molecule has 3 heteroatoms. The molecule has 1 aliphatic rings. The van der Waals surface area contributed by atoms with Crippen LogP contribution in [0.25, 0.3) is 5.57 Å². The molecular formula is C25H28N2O. The lowest BCUT2D eigenvalue weighted by atomic mass is 9.71. The van der Waals surface area contributed by atoms with Gasteiger partial charge in [0.1, 0.15) is 0 Å². The first-order valence-electron chi connectivity index (χ1n) is 9.65.